The molecule has 0 aliphatic carbocycles. The van der Waals surface area contributed by atoms with E-state index in [1.807, 2.05) is 0 Å². The molecule has 0 aliphatic rings. The minimum absolute atomic E-state index is 0.0331. The van der Waals surface area contributed by atoms with Crippen molar-refractivity contribution in [2.75, 3.05) is 34.0 Å². The van der Waals surface area contributed by atoms with Crippen molar-refractivity contribution in [2.24, 2.45) is 0 Å². The molecule has 0 spiro atoms. The van der Waals surface area contributed by atoms with E-state index >= 15 is 0 Å². The molecule has 0 bridgehead atoms. The van der Waals surface area contributed by atoms with Crippen LogP contribution in [0.15, 0.2) is 22.7 Å². The molecule has 1 aromatic rings. The molecule has 18 heavy (non-hydrogen) atoms. The first-order chi connectivity index (χ1) is 8.67. The van der Waals surface area contributed by atoms with Crippen molar-refractivity contribution in [3.8, 4) is 11.5 Å². The van der Waals surface area contributed by atoms with Crippen LogP contribution in [0.1, 0.15) is 0 Å². The molecule has 6 heteroatoms. The van der Waals surface area contributed by atoms with E-state index < -0.39 is 0 Å². The standard InChI is InChI=1S/C12H16BrNO4/c1-16-6-5-14-12(15)8-18-11-4-3-9(17-2)7-10(11)13/h3-4,7H,5-6,8H2,1-2H3,(H,14,15). The number of amides is 1. The maximum Gasteiger partial charge on any atom is 0.258 e. The average molecular weight is 318 g/mol. The Morgan fingerprint density at radius 3 is 2.78 bits per heavy atom. The van der Waals surface area contributed by atoms with Crippen LogP contribution in [0.4, 0.5) is 0 Å². The molecule has 0 unspecified atom stereocenters. The molecule has 1 amide bonds. The summed E-state index contributed by atoms with van der Waals surface area (Å²) in [5, 5.41) is 2.67. The lowest BCUT2D eigenvalue weighted by Crippen LogP contribution is -2.31. The Labute approximate surface area is 115 Å². The molecule has 0 saturated carbocycles. The van der Waals surface area contributed by atoms with Crippen molar-refractivity contribution < 1.29 is 19.0 Å². The van der Waals surface area contributed by atoms with Gasteiger partial charge in [0.2, 0.25) is 0 Å². The lowest BCUT2D eigenvalue weighted by Gasteiger charge is -2.09. The van der Waals surface area contributed by atoms with Crippen molar-refractivity contribution in [1.82, 2.24) is 5.32 Å². The number of methoxy groups -OCH3 is 2. The van der Waals surface area contributed by atoms with Gasteiger partial charge in [0.1, 0.15) is 11.5 Å². The normalized spacial score (nSPS) is 9.94. The monoisotopic (exact) mass is 317 g/mol. The van der Waals surface area contributed by atoms with Gasteiger partial charge in [-0.05, 0) is 34.1 Å². The molecule has 0 aliphatic heterocycles. The first kappa shape index (κ1) is 14.8. The van der Waals surface area contributed by atoms with Gasteiger partial charge in [-0.2, -0.15) is 0 Å². The van der Waals surface area contributed by atoms with Crippen molar-refractivity contribution in [3.63, 3.8) is 0 Å². The summed E-state index contributed by atoms with van der Waals surface area (Å²) < 4.78 is 16.0. The number of hydrogen-bond donors (Lipinski definition) is 1. The lowest BCUT2D eigenvalue weighted by atomic mass is 10.3. The molecule has 0 aromatic heterocycles. The molecule has 0 atom stereocenters. The fourth-order valence-electron chi connectivity index (χ4n) is 1.21. The number of carbonyl (C=O) groups is 1. The number of nitrogens with one attached hydrogen (secondary N) is 1. The third kappa shape index (κ3) is 4.93. The molecule has 0 heterocycles. The van der Waals surface area contributed by atoms with Crippen LogP contribution >= 0.6 is 15.9 Å². The highest BCUT2D eigenvalue weighted by Gasteiger charge is 2.06. The third-order valence-corrected chi connectivity index (χ3v) is 2.75. The summed E-state index contributed by atoms with van der Waals surface area (Å²) in [6, 6.07) is 5.28. The SMILES string of the molecule is COCCNC(=O)COc1ccc(OC)cc1Br. The van der Waals surface area contributed by atoms with Gasteiger partial charge in [-0.25, -0.2) is 0 Å². The van der Waals surface area contributed by atoms with Crippen molar-refractivity contribution in [2.45, 2.75) is 0 Å². The number of hydrogen-bond acceptors (Lipinski definition) is 4. The van der Waals surface area contributed by atoms with Gasteiger partial charge in [-0.3, -0.25) is 4.79 Å². The van der Waals surface area contributed by atoms with E-state index in [0.29, 0.717) is 18.9 Å². The van der Waals surface area contributed by atoms with E-state index in [2.05, 4.69) is 21.2 Å². The second-order valence-electron chi connectivity index (χ2n) is 3.43. The summed E-state index contributed by atoms with van der Waals surface area (Å²) in [6.07, 6.45) is 0. The van der Waals surface area contributed by atoms with E-state index in [-0.39, 0.29) is 12.5 Å². The fraction of sp³-hybridized carbons (Fsp3) is 0.417. The zero-order valence-corrected chi connectivity index (χ0v) is 12.0. The minimum Gasteiger partial charge on any atom is -0.497 e. The van der Waals surface area contributed by atoms with Gasteiger partial charge >= 0.3 is 0 Å². The van der Waals surface area contributed by atoms with E-state index in [1.54, 1.807) is 32.4 Å². The second kappa shape index (κ2) is 7.94. The first-order valence-electron chi connectivity index (χ1n) is 5.39. The van der Waals surface area contributed by atoms with Gasteiger partial charge < -0.3 is 19.5 Å². The van der Waals surface area contributed by atoms with Crippen LogP contribution in [0, 0.1) is 0 Å². The van der Waals surface area contributed by atoms with Crippen LogP contribution in [0.25, 0.3) is 0 Å². The first-order valence-corrected chi connectivity index (χ1v) is 6.18. The van der Waals surface area contributed by atoms with Crippen LogP contribution in [0.3, 0.4) is 0 Å². The van der Waals surface area contributed by atoms with Crippen molar-refractivity contribution in [3.05, 3.63) is 22.7 Å². The summed E-state index contributed by atoms with van der Waals surface area (Å²) >= 11 is 3.35. The number of carbonyl (C=O) groups excluding carboxylic acids is 1. The Morgan fingerprint density at radius 1 is 1.39 bits per heavy atom. The van der Waals surface area contributed by atoms with Crippen LogP contribution in [0.5, 0.6) is 11.5 Å². The third-order valence-electron chi connectivity index (χ3n) is 2.13. The summed E-state index contributed by atoms with van der Waals surface area (Å²) in [5.74, 6) is 1.13. The fourth-order valence-corrected chi connectivity index (χ4v) is 1.68. The van der Waals surface area contributed by atoms with Gasteiger partial charge in [0.05, 0.1) is 18.2 Å². The van der Waals surface area contributed by atoms with E-state index in [0.717, 1.165) is 10.2 Å². The van der Waals surface area contributed by atoms with E-state index in [9.17, 15) is 4.79 Å². The number of ether oxygens (including phenoxy) is 3. The lowest BCUT2D eigenvalue weighted by molar-refractivity contribution is -0.123. The van der Waals surface area contributed by atoms with Gasteiger partial charge in [-0.1, -0.05) is 0 Å². The summed E-state index contributed by atoms with van der Waals surface area (Å²) in [4.78, 5) is 11.4. The topological polar surface area (TPSA) is 56.8 Å². The van der Waals surface area contributed by atoms with Crippen molar-refractivity contribution >= 4 is 21.8 Å². The van der Waals surface area contributed by atoms with Gasteiger partial charge in [-0.15, -0.1) is 0 Å². The Kier molecular flexibility index (Phi) is 6.53. The highest BCUT2D eigenvalue weighted by molar-refractivity contribution is 9.10. The zero-order valence-electron chi connectivity index (χ0n) is 10.4. The summed E-state index contributed by atoms with van der Waals surface area (Å²) in [6.45, 7) is 0.926. The molecule has 0 radical (unpaired) electrons. The molecular formula is C12H16BrNO4. The van der Waals surface area contributed by atoms with Crippen LogP contribution in [-0.2, 0) is 9.53 Å². The van der Waals surface area contributed by atoms with Crippen LogP contribution in [-0.4, -0.2) is 39.9 Å². The average Bonchev–Trinajstić information content (AvgIpc) is 2.37. The quantitative estimate of drug-likeness (QED) is 0.776. The van der Waals surface area contributed by atoms with E-state index in [4.69, 9.17) is 14.2 Å². The second-order valence-corrected chi connectivity index (χ2v) is 4.28. The largest absolute Gasteiger partial charge is 0.497 e. The Morgan fingerprint density at radius 2 is 2.17 bits per heavy atom. The molecule has 5 nitrogen and oxygen atoms in total. The molecule has 1 aromatic carbocycles. The minimum atomic E-state index is -0.185. The highest BCUT2D eigenvalue weighted by Crippen LogP contribution is 2.28. The number of benzene rings is 1. The molecule has 1 rings (SSSR count). The predicted octanol–water partition coefficient (Wildman–Crippen LogP) is 1.60. The number of rotatable bonds is 7. The van der Waals surface area contributed by atoms with E-state index in [1.165, 1.54) is 0 Å². The van der Waals surface area contributed by atoms with Gasteiger partial charge in [0, 0.05) is 13.7 Å². The highest BCUT2D eigenvalue weighted by atomic mass is 79.9. The molecule has 100 valence electrons. The Hall–Kier alpha value is -1.27. The van der Waals surface area contributed by atoms with Crippen LogP contribution in [0.2, 0.25) is 0 Å². The summed E-state index contributed by atoms with van der Waals surface area (Å²) in [7, 11) is 3.17. The van der Waals surface area contributed by atoms with Crippen molar-refractivity contribution in [1.29, 1.82) is 0 Å². The maximum absolute atomic E-state index is 11.4. The zero-order chi connectivity index (χ0) is 13.4. The summed E-state index contributed by atoms with van der Waals surface area (Å²) in [5.41, 5.74) is 0. The maximum atomic E-state index is 11.4. The predicted molar refractivity (Wildman–Crippen MR) is 71.1 cm³/mol. The van der Waals surface area contributed by atoms with Gasteiger partial charge in [0.15, 0.2) is 6.61 Å². The van der Waals surface area contributed by atoms with Crippen LogP contribution < -0.4 is 14.8 Å². The molecule has 1 N–H and O–H groups in total. The van der Waals surface area contributed by atoms with Gasteiger partial charge in [0.25, 0.3) is 5.91 Å². The molecule has 0 saturated heterocycles. The Balaban J connectivity index is 2.41. The smallest absolute Gasteiger partial charge is 0.258 e. The Bertz CT molecular complexity index is 398. The molecule has 0 fully saturated rings. The number of halogens is 1. The molecular weight excluding hydrogens is 302 g/mol.